The number of hydrogen-bond donors (Lipinski definition) is 1. The van der Waals surface area contributed by atoms with Crippen molar-refractivity contribution in [1.29, 1.82) is 0 Å². The van der Waals surface area contributed by atoms with Crippen molar-refractivity contribution in [1.82, 2.24) is 19.7 Å². The molecule has 0 aliphatic heterocycles. The van der Waals surface area contributed by atoms with E-state index < -0.39 is 0 Å². The van der Waals surface area contributed by atoms with Crippen molar-refractivity contribution in [3.63, 3.8) is 0 Å². The molecule has 1 fully saturated rings. The Hall–Kier alpha value is -2.58. The molecule has 1 atom stereocenters. The highest BCUT2D eigenvalue weighted by molar-refractivity contribution is 7.99. The van der Waals surface area contributed by atoms with E-state index in [0.717, 1.165) is 32.9 Å². The Balaban J connectivity index is 1.38. The first-order valence-electron chi connectivity index (χ1n) is 11.5. The Morgan fingerprint density at radius 3 is 2.79 bits per heavy atom. The molecule has 0 bridgehead atoms. The van der Waals surface area contributed by atoms with Gasteiger partial charge in [-0.05, 0) is 44.0 Å². The van der Waals surface area contributed by atoms with Crippen LogP contribution in [0.5, 0.6) is 5.75 Å². The van der Waals surface area contributed by atoms with Crippen molar-refractivity contribution in [2.24, 2.45) is 0 Å². The highest BCUT2D eigenvalue weighted by atomic mass is 32.2. The van der Waals surface area contributed by atoms with Crippen LogP contribution in [-0.2, 0) is 6.54 Å². The highest BCUT2D eigenvalue weighted by Gasteiger charge is 2.25. The number of thiazole rings is 1. The summed E-state index contributed by atoms with van der Waals surface area (Å²) in [6, 6.07) is 16.8. The summed E-state index contributed by atoms with van der Waals surface area (Å²) in [5, 5.41) is 15.1. The smallest absolute Gasteiger partial charge is 0.192 e. The lowest BCUT2D eigenvalue weighted by molar-refractivity contribution is 0.330. The van der Waals surface area contributed by atoms with Gasteiger partial charge in [-0.2, -0.15) is 0 Å². The summed E-state index contributed by atoms with van der Waals surface area (Å²) < 4.78 is 8.98. The summed E-state index contributed by atoms with van der Waals surface area (Å²) in [6.07, 6.45) is 6.23. The summed E-state index contributed by atoms with van der Waals surface area (Å²) >= 11 is 3.54. The highest BCUT2D eigenvalue weighted by Crippen LogP contribution is 2.40. The van der Waals surface area contributed by atoms with E-state index in [1.165, 1.54) is 36.8 Å². The number of anilines is 1. The number of methoxy groups -OCH3 is 1. The van der Waals surface area contributed by atoms with Crippen LogP contribution in [0.15, 0.2) is 53.7 Å². The lowest BCUT2D eigenvalue weighted by Crippen LogP contribution is -2.18. The van der Waals surface area contributed by atoms with Crippen LogP contribution in [0.3, 0.4) is 0 Å². The second-order valence-electron chi connectivity index (χ2n) is 8.43. The van der Waals surface area contributed by atoms with Crippen LogP contribution < -0.4 is 10.1 Å². The van der Waals surface area contributed by atoms with Gasteiger partial charge < -0.3 is 14.6 Å². The van der Waals surface area contributed by atoms with Gasteiger partial charge in [-0.25, -0.2) is 4.98 Å². The van der Waals surface area contributed by atoms with Crippen molar-refractivity contribution >= 4 is 39.0 Å². The van der Waals surface area contributed by atoms with Gasteiger partial charge in [0.25, 0.3) is 0 Å². The molecular formula is C25H29N5OS2. The summed E-state index contributed by atoms with van der Waals surface area (Å²) in [6.45, 7) is 2.85. The van der Waals surface area contributed by atoms with Crippen molar-refractivity contribution in [3.8, 4) is 5.75 Å². The molecule has 4 aromatic rings. The van der Waals surface area contributed by atoms with Crippen LogP contribution in [0.4, 0.5) is 5.69 Å². The minimum absolute atomic E-state index is 0.216. The molecule has 6 nitrogen and oxygen atoms in total. The van der Waals surface area contributed by atoms with Gasteiger partial charge >= 0.3 is 0 Å². The molecule has 1 N–H and O–H groups in total. The third kappa shape index (κ3) is 5.01. The Kier molecular flexibility index (Phi) is 6.83. The van der Waals surface area contributed by atoms with Crippen LogP contribution in [0.25, 0.3) is 10.2 Å². The molecule has 1 unspecified atom stereocenters. The maximum atomic E-state index is 5.36. The van der Waals surface area contributed by atoms with E-state index >= 15 is 0 Å². The van der Waals surface area contributed by atoms with E-state index in [2.05, 4.69) is 51.3 Å². The Labute approximate surface area is 202 Å². The average molecular weight is 480 g/mol. The summed E-state index contributed by atoms with van der Waals surface area (Å²) in [4.78, 5) is 4.87. The quantitative estimate of drug-likeness (QED) is 0.278. The van der Waals surface area contributed by atoms with Gasteiger partial charge in [-0.15, -0.1) is 21.5 Å². The Bertz CT molecular complexity index is 1180. The number of thioether (sulfide) groups is 1. The molecule has 172 valence electrons. The van der Waals surface area contributed by atoms with Gasteiger partial charge in [-0.1, -0.05) is 49.2 Å². The molecule has 8 heteroatoms. The first kappa shape index (κ1) is 22.2. The zero-order valence-electron chi connectivity index (χ0n) is 19.0. The number of aromatic nitrogens is 4. The normalized spacial score (nSPS) is 15.6. The Morgan fingerprint density at radius 2 is 1.97 bits per heavy atom. The predicted molar refractivity (Wildman–Crippen MR) is 136 cm³/mol. The van der Waals surface area contributed by atoms with Gasteiger partial charge in [-0.3, -0.25) is 0 Å². The minimum Gasteiger partial charge on any atom is -0.497 e. The number of ether oxygens (including phenoxy) is 1. The van der Waals surface area contributed by atoms with Crippen molar-refractivity contribution < 1.29 is 4.74 Å². The van der Waals surface area contributed by atoms with Crippen LogP contribution in [0.2, 0.25) is 0 Å². The monoisotopic (exact) mass is 479 g/mol. The number of nitrogens with one attached hydrogen (secondary N) is 1. The van der Waals surface area contributed by atoms with Crippen LogP contribution in [-0.4, -0.2) is 26.9 Å². The van der Waals surface area contributed by atoms with Crippen LogP contribution in [0, 0.1) is 0 Å². The molecule has 2 heterocycles. The van der Waals surface area contributed by atoms with E-state index in [9.17, 15) is 0 Å². The van der Waals surface area contributed by atoms with Crippen LogP contribution >= 0.6 is 23.1 Å². The van der Waals surface area contributed by atoms with Crippen molar-refractivity contribution in [3.05, 3.63) is 59.4 Å². The van der Waals surface area contributed by atoms with E-state index in [0.29, 0.717) is 12.6 Å². The third-order valence-electron chi connectivity index (χ3n) is 6.14. The molecule has 1 aliphatic rings. The SMILES string of the molecule is COc1cccc(NCc2nnc(SC(C)c3nc4ccccc4s3)n2C2CCCCC2)c1. The fourth-order valence-corrected chi connectivity index (χ4v) is 6.52. The van der Waals surface area contributed by atoms with Crippen molar-refractivity contribution in [2.45, 2.75) is 62.0 Å². The fourth-order valence-electron chi connectivity index (χ4n) is 4.40. The molecule has 1 aliphatic carbocycles. The summed E-state index contributed by atoms with van der Waals surface area (Å²) in [5.41, 5.74) is 2.09. The zero-order valence-corrected chi connectivity index (χ0v) is 20.7. The molecular weight excluding hydrogens is 450 g/mol. The molecule has 5 rings (SSSR count). The number of benzene rings is 2. The van der Waals surface area contributed by atoms with Gasteiger partial charge in [0.1, 0.15) is 10.8 Å². The molecule has 0 radical (unpaired) electrons. The second-order valence-corrected chi connectivity index (χ2v) is 10.8. The molecule has 1 saturated carbocycles. The maximum absolute atomic E-state index is 5.36. The minimum atomic E-state index is 0.216. The first-order chi connectivity index (χ1) is 16.2. The van der Waals surface area contributed by atoms with Gasteiger partial charge in [0.05, 0.1) is 29.1 Å². The summed E-state index contributed by atoms with van der Waals surface area (Å²) in [5.74, 6) is 1.83. The average Bonchev–Trinajstić information content (AvgIpc) is 3.47. The van der Waals surface area contributed by atoms with Gasteiger partial charge in [0.2, 0.25) is 0 Å². The fraction of sp³-hybridized carbons (Fsp3) is 0.400. The lowest BCUT2D eigenvalue weighted by Gasteiger charge is -2.26. The largest absolute Gasteiger partial charge is 0.497 e. The topological polar surface area (TPSA) is 64.9 Å². The maximum Gasteiger partial charge on any atom is 0.192 e. The lowest BCUT2D eigenvalue weighted by atomic mass is 9.95. The van der Waals surface area contributed by atoms with Gasteiger partial charge in [0.15, 0.2) is 11.0 Å². The molecule has 0 saturated heterocycles. The number of fused-ring (bicyclic) bond motifs is 1. The van der Waals surface area contributed by atoms with Crippen LogP contribution in [0.1, 0.15) is 61.2 Å². The van der Waals surface area contributed by atoms with E-state index in [1.807, 2.05) is 24.3 Å². The van der Waals surface area contributed by atoms with Gasteiger partial charge in [0, 0.05) is 17.8 Å². The third-order valence-corrected chi connectivity index (χ3v) is 8.57. The van der Waals surface area contributed by atoms with E-state index in [4.69, 9.17) is 9.72 Å². The summed E-state index contributed by atoms with van der Waals surface area (Å²) in [7, 11) is 1.69. The number of hydrogen-bond acceptors (Lipinski definition) is 7. The standard InChI is InChI=1S/C25H29N5OS2/c1-17(24-27-21-13-6-7-14-22(21)33-24)32-25-29-28-23(30(25)19-10-4-3-5-11-19)16-26-18-9-8-12-20(15-18)31-2/h6-9,12-15,17,19,26H,3-5,10-11,16H2,1-2H3. The van der Waals surface area contributed by atoms with Crippen molar-refractivity contribution in [2.75, 3.05) is 12.4 Å². The number of para-hydroxylation sites is 1. The predicted octanol–water partition coefficient (Wildman–Crippen LogP) is 6.87. The number of rotatable bonds is 8. The Morgan fingerprint density at radius 1 is 1.12 bits per heavy atom. The molecule has 2 aromatic carbocycles. The zero-order chi connectivity index (χ0) is 22.6. The first-order valence-corrected chi connectivity index (χ1v) is 13.2. The van der Waals surface area contributed by atoms with E-state index in [-0.39, 0.29) is 5.25 Å². The molecule has 0 spiro atoms. The van der Waals surface area contributed by atoms with E-state index in [1.54, 1.807) is 30.2 Å². The second kappa shape index (κ2) is 10.1. The molecule has 2 aromatic heterocycles. The number of nitrogens with zero attached hydrogens (tertiary/aromatic N) is 4. The molecule has 33 heavy (non-hydrogen) atoms. The molecule has 0 amide bonds.